The molecule has 232 valence electrons. The molecule has 2 unspecified atom stereocenters. The first kappa shape index (κ1) is 31.0. The lowest BCUT2D eigenvalue weighted by atomic mass is 9.65. The molecule has 2 aromatic rings. The number of aliphatic hydroxyl groups is 1. The number of carbonyl (C=O) groups excluding carboxylic acids is 3. The zero-order valence-corrected chi connectivity index (χ0v) is 26.0. The van der Waals surface area contributed by atoms with Crippen molar-refractivity contribution in [1.82, 2.24) is 4.90 Å². The first-order chi connectivity index (χ1) is 20.6. The van der Waals surface area contributed by atoms with Crippen LogP contribution in [0.15, 0.2) is 54.6 Å². The summed E-state index contributed by atoms with van der Waals surface area (Å²) in [6.45, 7) is 11.7. The largest absolute Gasteiger partial charge is 0.394 e. The monoisotopic (exact) mass is 590 g/mol. The van der Waals surface area contributed by atoms with E-state index in [0.29, 0.717) is 37.1 Å². The zero-order valence-electron chi connectivity index (χ0n) is 26.0. The molecule has 9 heteroatoms. The summed E-state index contributed by atoms with van der Waals surface area (Å²) in [4.78, 5) is 46.6. The van der Waals surface area contributed by atoms with Gasteiger partial charge in [0.25, 0.3) is 0 Å². The van der Waals surface area contributed by atoms with Gasteiger partial charge >= 0.3 is 0 Å². The van der Waals surface area contributed by atoms with E-state index in [1.165, 1.54) is 0 Å². The summed E-state index contributed by atoms with van der Waals surface area (Å²) in [7, 11) is 0. The Hall–Kier alpha value is -3.43. The molecule has 43 heavy (non-hydrogen) atoms. The summed E-state index contributed by atoms with van der Waals surface area (Å²) in [5, 5.41) is 16.6. The van der Waals surface area contributed by atoms with Crippen LogP contribution in [0, 0.1) is 17.8 Å². The van der Waals surface area contributed by atoms with Gasteiger partial charge < -0.3 is 30.3 Å². The quantitative estimate of drug-likeness (QED) is 0.331. The van der Waals surface area contributed by atoms with Crippen LogP contribution in [0.5, 0.6) is 0 Å². The van der Waals surface area contributed by atoms with Crippen LogP contribution >= 0.6 is 0 Å². The minimum absolute atomic E-state index is 0.177. The topological polar surface area (TPSA) is 111 Å². The fraction of sp³-hybridized carbons (Fsp3) is 0.559. The van der Waals surface area contributed by atoms with Crippen molar-refractivity contribution >= 4 is 34.8 Å². The van der Waals surface area contributed by atoms with Crippen molar-refractivity contribution in [2.24, 2.45) is 17.8 Å². The summed E-state index contributed by atoms with van der Waals surface area (Å²) in [5.41, 5.74) is 0.317. The van der Waals surface area contributed by atoms with E-state index in [1.54, 1.807) is 4.90 Å². The molecule has 3 fully saturated rings. The number of carbonyl (C=O) groups is 3. The van der Waals surface area contributed by atoms with Gasteiger partial charge in [-0.05, 0) is 81.8 Å². The number of nitrogens with one attached hydrogen (secondary N) is 2. The highest BCUT2D eigenvalue weighted by molar-refractivity contribution is 6.05. The van der Waals surface area contributed by atoms with Crippen LogP contribution in [-0.2, 0) is 19.1 Å². The molecule has 0 radical (unpaired) electrons. The van der Waals surface area contributed by atoms with Gasteiger partial charge in [-0.1, -0.05) is 39.0 Å². The minimum Gasteiger partial charge on any atom is -0.394 e. The van der Waals surface area contributed by atoms with Crippen LogP contribution < -0.4 is 15.5 Å². The van der Waals surface area contributed by atoms with Crippen LogP contribution in [0.3, 0.4) is 0 Å². The minimum atomic E-state index is -1.17. The molecule has 3 amide bonds. The highest BCUT2D eigenvalue weighted by Crippen LogP contribution is 2.64. The normalized spacial score (nSPS) is 28.2. The van der Waals surface area contributed by atoms with Gasteiger partial charge in [0.2, 0.25) is 17.7 Å². The predicted octanol–water partition coefficient (Wildman–Crippen LogP) is 4.67. The van der Waals surface area contributed by atoms with E-state index in [2.05, 4.69) is 29.4 Å². The maximum atomic E-state index is 14.5. The standard InChI is InChI=1S/C34H46N4O5/c1-6-33-18-19-34(43-33)28(27(33)30(40)35-23-12-10-9-11-13-23)32(42)38(26(21-39)20-22(4)5)29(34)31(41)36-24-14-16-25(17-15-24)37(7-2)8-3/h9-17,22,26-29,39H,6-8,18-21H2,1-5H3,(H,35,40)(H,36,41)/t26-,27-,28+,29?,33+,34?/m1/s1. The maximum Gasteiger partial charge on any atom is 0.250 e. The molecule has 0 aromatic heterocycles. The molecule has 0 aliphatic carbocycles. The second-order valence-corrected chi connectivity index (χ2v) is 12.6. The number of fused-ring (bicyclic) bond motifs is 1. The molecule has 3 saturated heterocycles. The Morgan fingerprint density at radius 3 is 2.19 bits per heavy atom. The molecule has 2 aromatic carbocycles. The summed E-state index contributed by atoms with van der Waals surface area (Å²) in [5.74, 6) is -2.33. The molecule has 3 aliphatic heterocycles. The van der Waals surface area contributed by atoms with Gasteiger partial charge in [-0.3, -0.25) is 14.4 Å². The molecule has 3 heterocycles. The number of hydrogen-bond acceptors (Lipinski definition) is 6. The van der Waals surface area contributed by atoms with E-state index >= 15 is 0 Å². The van der Waals surface area contributed by atoms with E-state index in [-0.39, 0.29) is 30.2 Å². The Balaban J connectivity index is 1.52. The van der Waals surface area contributed by atoms with Gasteiger partial charge in [-0.15, -0.1) is 0 Å². The Morgan fingerprint density at radius 1 is 0.977 bits per heavy atom. The van der Waals surface area contributed by atoms with Crippen LogP contribution in [0.1, 0.15) is 60.3 Å². The Labute approximate surface area is 255 Å². The molecular weight excluding hydrogens is 544 g/mol. The van der Waals surface area contributed by atoms with E-state index in [1.807, 2.05) is 75.4 Å². The van der Waals surface area contributed by atoms with Crippen molar-refractivity contribution in [1.29, 1.82) is 0 Å². The average Bonchev–Trinajstić information content (AvgIpc) is 3.61. The van der Waals surface area contributed by atoms with E-state index in [4.69, 9.17) is 4.74 Å². The average molecular weight is 591 g/mol. The van der Waals surface area contributed by atoms with E-state index in [0.717, 1.165) is 18.8 Å². The van der Waals surface area contributed by atoms with E-state index in [9.17, 15) is 19.5 Å². The number of aliphatic hydroxyl groups excluding tert-OH is 1. The van der Waals surface area contributed by atoms with Gasteiger partial charge in [0.1, 0.15) is 11.6 Å². The number of nitrogens with zero attached hydrogens (tertiary/aromatic N) is 2. The van der Waals surface area contributed by atoms with Crippen molar-refractivity contribution in [3.05, 3.63) is 54.6 Å². The summed E-state index contributed by atoms with van der Waals surface area (Å²) in [6, 6.07) is 15.3. The molecule has 1 spiro atoms. The third kappa shape index (κ3) is 5.31. The number of likely N-dealkylation sites (tertiary alicyclic amines) is 1. The van der Waals surface area contributed by atoms with Crippen LogP contribution in [0.4, 0.5) is 17.1 Å². The Kier molecular flexibility index (Phi) is 8.86. The summed E-state index contributed by atoms with van der Waals surface area (Å²) in [6.07, 6.45) is 2.13. The molecule has 5 rings (SSSR count). The fourth-order valence-electron chi connectivity index (χ4n) is 7.86. The van der Waals surface area contributed by atoms with Crippen molar-refractivity contribution in [2.75, 3.05) is 35.2 Å². The SMILES string of the molecule is CCN(CC)c1ccc(NC(=O)C2N([C@@H](CO)CC(C)C)C(=O)[C@@H]3[C@H](C(=O)Nc4ccccc4)[C@]4(CC)CCC23O4)cc1. The number of benzene rings is 2. The molecule has 2 bridgehead atoms. The number of hydrogen-bond donors (Lipinski definition) is 3. The second kappa shape index (κ2) is 12.3. The lowest BCUT2D eigenvalue weighted by Gasteiger charge is -2.38. The first-order valence-electron chi connectivity index (χ1n) is 15.8. The molecule has 9 nitrogen and oxygen atoms in total. The fourth-order valence-corrected chi connectivity index (χ4v) is 7.86. The van der Waals surface area contributed by atoms with Crippen molar-refractivity contribution in [2.45, 2.75) is 83.6 Å². The van der Waals surface area contributed by atoms with Crippen molar-refractivity contribution in [3.8, 4) is 0 Å². The maximum absolute atomic E-state index is 14.5. The third-order valence-corrected chi connectivity index (χ3v) is 9.80. The second-order valence-electron chi connectivity index (χ2n) is 12.6. The van der Waals surface area contributed by atoms with Crippen molar-refractivity contribution < 1.29 is 24.2 Å². The van der Waals surface area contributed by atoms with Crippen molar-refractivity contribution in [3.63, 3.8) is 0 Å². The number of amides is 3. The molecule has 0 saturated carbocycles. The zero-order chi connectivity index (χ0) is 30.9. The number of anilines is 3. The third-order valence-electron chi connectivity index (χ3n) is 9.80. The smallest absolute Gasteiger partial charge is 0.250 e. The highest BCUT2D eigenvalue weighted by atomic mass is 16.5. The van der Waals surface area contributed by atoms with Crippen LogP contribution in [-0.4, -0.2) is 70.7 Å². The van der Waals surface area contributed by atoms with Gasteiger partial charge in [-0.2, -0.15) is 0 Å². The summed E-state index contributed by atoms with van der Waals surface area (Å²) >= 11 is 0. The Morgan fingerprint density at radius 2 is 1.60 bits per heavy atom. The molecule has 3 aliphatic rings. The predicted molar refractivity (Wildman–Crippen MR) is 168 cm³/mol. The number of para-hydroxylation sites is 1. The van der Waals surface area contributed by atoms with Gasteiger partial charge in [0.15, 0.2) is 0 Å². The van der Waals surface area contributed by atoms with Crippen LogP contribution in [0.25, 0.3) is 0 Å². The summed E-state index contributed by atoms with van der Waals surface area (Å²) < 4.78 is 6.87. The Bertz CT molecular complexity index is 1310. The molecule has 3 N–H and O–H groups in total. The van der Waals surface area contributed by atoms with Gasteiger partial charge in [0, 0.05) is 30.2 Å². The van der Waals surface area contributed by atoms with Gasteiger partial charge in [0.05, 0.1) is 30.1 Å². The van der Waals surface area contributed by atoms with Gasteiger partial charge in [-0.25, -0.2) is 0 Å². The number of ether oxygens (including phenoxy) is 1. The molecule has 6 atom stereocenters. The molecular formula is C34H46N4O5. The van der Waals surface area contributed by atoms with Crippen LogP contribution in [0.2, 0.25) is 0 Å². The number of rotatable bonds is 12. The lowest BCUT2D eigenvalue weighted by molar-refractivity contribution is -0.148. The lowest BCUT2D eigenvalue weighted by Crippen LogP contribution is -2.56. The van der Waals surface area contributed by atoms with E-state index < -0.39 is 35.1 Å². The first-order valence-corrected chi connectivity index (χ1v) is 15.8. The highest BCUT2D eigenvalue weighted by Gasteiger charge is 2.79.